The van der Waals surface area contributed by atoms with Gasteiger partial charge in [0, 0.05) is 17.6 Å². The molecule has 0 aliphatic heterocycles. The van der Waals surface area contributed by atoms with Gasteiger partial charge in [-0.2, -0.15) is 0 Å². The van der Waals surface area contributed by atoms with E-state index >= 15 is 0 Å². The number of rotatable bonds is 6. The molecular weight excluding hydrogens is 224 g/mol. The lowest BCUT2D eigenvalue weighted by molar-refractivity contribution is 0.0473. The zero-order valence-corrected chi connectivity index (χ0v) is 12.9. The van der Waals surface area contributed by atoms with E-state index < -0.39 is 0 Å². The second kappa shape index (κ2) is 6.88. The van der Waals surface area contributed by atoms with Crippen molar-refractivity contribution < 1.29 is 5.11 Å². The van der Waals surface area contributed by atoms with Crippen LogP contribution >= 0.6 is 0 Å². The number of aliphatic hydroxyl groups excluding tert-OH is 1. The van der Waals surface area contributed by atoms with Crippen molar-refractivity contribution in [2.45, 2.75) is 71.0 Å². The van der Waals surface area contributed by atoms with Gasteiger partial charge in [-0.15, -0.1) is 0 Å². The molecule has 2 N–H and O–H groups in total. The highest BCUT2D eigenvalue weighted by Gasteiger charge is 2.37. The lowest BCUT2D eigenvalue weighted by atomic mass is 9.78. The van der Waals surface area contributed by atoms with Gasteiger partial charge in [0.05, 0.1) is 6.61 Å². The Morgan fingerprint density at radius 1 is 1.39 bits per heavy atom. The summed E-state index contributed by atoms with van der Waals surface area (Å²) in [6.45, 7) is 10.2. The number of likely N-dealkylation sites (N-methyl/N-ethyl adjacent to an activating group) is 1. The fraction of sp³-hybridized carbons (Fsp3) is 1.00. The largest absolute Gasteiger partial charge is 0.394 e. The van der Waals surface area contributed by atoms with E-state index in [1.807, 2.05) is 0 Å². The van der Waals surface area contributed by atoms with E-state index in [0.29, 0.717) is 18.0 Å². The molecule has 0 aromatic carbocycles. The molecule has 1 fully saturated rings. The monoisotopic (exact) mass is 256 g/mol. The molecule has 3 nitrogen and oxygen atoms in total. The quantitative estimate of drug-likeness (QED) is 0.765. The van der Waals surface area contributed by atoms with Crippen LogP contribution in [0.25, 0.3) is 0 Å². The molecule has 3 unspecified atom stereocenters. The Labute approximate surface area is 113 Å². The van der Waals surface area contributed by atoms with Crippen molar-refractivity contribution in [1.29, 1.82) is 0 Å². The standard InChI is InChI=1S/C15H32N2O/c1-6-16-15(11-18)9-7-8-14(10-15)17(5)13(4)12(2)3/h12-14,16,18H,6-11H2,1-5H3. The molecule has 0 aromatic rings. The van der Waals surface area contributed by atoms with Crippen molar-refractivity contribution in [1.82, 2.24) is 10.2 Å². The molecule has 0 spiro atoms. The van der Waals surface area contributed by atoms with Crippen LogP contribution in [0.15, 0.2) is 0 Å². The van der Waals surface area contributed by atoms with Gasteiger partial charge in [-0.3, -0.25) is 0 Å². The van der Waals surface area contributed by atoms with Crippen molar-refractivity contribution in [2.75, 3.05) is 20.2 Å². The van der Waals surface area contributed by atoms with Crippen LogP contribution in [-0.2, 0) is 0 Å². The topological polar surface area (TPSA) is 35.5 Å². The van der Waals surface area contributed by atoms with Gasteiger partial charge in [0.15, 0.2) is 0 Å². The smallest absolute Gasteiger partial charge is 0.0613 e. The summed E-state index contributed by atoms with van der Waals surface area (Å²) in [5, 5.41) is 13.3. The van der Waals surface area contributed by atoms with Crippen LogP contribution in [-0.4, -0.2) is 47.8 Å². The first-order chi connectivity index (χ1) is 8.45. The van der Waals surface area contributed by atoms with E-state index in [-0.39, 0.29) is 12.1 Å². The molecule has 3 atom stereocenters. The van der Waals surface area contributed by atoms with Crippen molar-refractivity contribution in [3.05, 3.63) is 0 Å². The maximum absolute atomic E-state index is 9.74. The number of nitrogens with one attached hydrogen (secondary N) is 1. The van der Waals surface area contributed by atoms with Crippen LogP contribution < -0.4 is 5.32 Å². The SMILES string of the molecule is CCNC1(CO)CCCC(N(C)C(C)C(C)C)C1. The lowest BCUT2D eigenvalue weighted by Crippen LogP contribution is -2.56. The minimum Gasteiger partial charge on any atom is -0.394 e. The summed E-state index contributed by atoms with van der Waals surface area (Å²) in [6, 6.07) is 1.20. The van der Waals surface area contributed by atoms with E-state index in [2.05, 4.69) is 45.0 Å². The molecular formula is C15H32N2O. The summed E-state index contributed by atoms with van der Waals surface area (Å²) in [5.41, 5.74) is -0.0391. The Morgan fingerprint density at radius 3 is 2.56 bits per heavy atom. The molecule has 18 heavy (non-hydrogen) atoms. The van der Waals surface area contributed by atoms with Gasteiger partial charge in [0.1, 0.15) is 0 Å². The highest BCUT2D eigenvalue weighted by molar-refractivity contribution is 4.96. The van der Waals surface area contributed by atoms with Gasteiger partial charge in [0.2, 0.25) is 0 Å². The minimum atomic E-state index is -0.0391. The third-order valence-electron chi connectivity index (χ3n) is 4.86. The number of aliphatic hydroxyl groups is 1. The molecule has 0 heterocycles. The summed E-state index contributed by atoms with van der Waals surface area (Å²) in [7, 11) is 2.24. The first-order valence-electron chi connectivity index (χ1n) is 7.53. The van der Waals surface area contributed by atoms with Crippen molar-refractivity contribution in [3.8, 4) is 0 Å². The van der Waals surface area contributed by atoms with Gasteiger partial charge < -0.3 is 15.3 Å². The maximum atomic E-state index is 9.74. The molecule has 0 aromatic heterocycles. The normalized spacial score (nSPS) is 31.0. The average Bonchev–Trinajstić information content (AvgIpc) is 2.37. The second-order valence-electron chi connectivity index (χ2n) is 6.37. The van der Waals surface area contributed by atoms with Gasteiger partial charge in [-0.1, -0.05) is 20.8 Å². The Morgan fingerprint density at radius 2 is 2.06 bits per heavy atom. The zero-order chi connectivity index (χ0) is 13.8. The van der Waals surface area contributed by atoms with Crippen molar-refractivity contribution in [2.24, 2.45) is 5.92 Å². The molecule has 1 aliphatic rings. The molecule has 1 rings (SSSR count). The second-order valence-corrected chi connectivity index (χ2v) is 6.37. The summed E-state index contributed by atoms with van der Waals surface area (Å²) >= 11 is 0. The Bertz CT molecular complexity index is 241. The molecule has 1 aliphatic carbocycles. The average molecular weight is 256 g/mol. The number of hydrogen-bond acceptors (Lipinski definition) is 3. The van der Waals surface area contributed by atoms with Gasteiger partial charge in [0.25, 0.3) is 0 Å². The first-order valence-corrected chi connectivity index (χ1v) is 7.53. The van der Waals surface area contributed by atoms with E-state index in [4.69, 9.17) is 0 Å². The molecule has 1 saturated carbocycles. The van der Waals surface area contributed by atoms with Crippen LogP contribution in [0, 0.1) is 5.92 Å². The highest BCUT2D eigenvalue weighted by Crippen LogP contribution is 2.32. The van der Waals surface area contributed by atoms with Gasteiger partial charge >= 0.3 is 0 Å². The van der Waals surface area contributed by atoms with E-state index in [1.165, 1.54) is 12.8 Å². The zero-order valence-electron chi connectivity index (χ0n) is 12.9. The molecule has 0 amide bonds. The summed E-state index contributed by atoms with van der Waals surface area (Å²) in [5.74, 6) is 0.680. The Balaban J connectivity index is 2.67. The predicted octanol–water partition coefficient (Wildman–Crippen LogP) is 2.25. The maximum Gasteiger partial charge on any atom is 0.0613 e. The van der Waals surface area contributed by atoms with Crippen LogP contribution in [0.1, 0.15) is 53.4 Å². The molecule has 0 bridgehead atoms. The van der Waals surface area contributed by atoms with E-state index in [9.17, 15) is 5.11 Å². The first kappa shape index (κ1) is 15.9. The molecule has 108 valence electrons. The van der Waals surface area contributed by atoms with Crippen LogP contribution in [0.4, 0.5) is 0 Å². The molecule has 3 heteroatoms. The third kappa shape index (κ3) is 3.69. The van der Waals surface area contributed by atoms with Crippen LogP contribution in [0.2, 0.25) is 0 Å². The van der Waals surface area contributed by atoms with Gasteiger partial charge in [-0.05, 0) is 52.1 Å². The highest BCUT2D eigenvalue weighted by atomic mass is 16.3. The molecule has 0 radical (unpaired) electrons. The van der Waals surface area contributed by atoms with Gasteiger partial charge in [-0.25, -0.2) is 0 Å². The lowest BCUT2D eigenvalue weighted by Gasteiger charge is -2.45. The number of hydrogen-bond donors (Lipinski definition) is 2. The predicted molar refractivity (Wildman–Crippen MR) is 77.8 cm³/mol. The van der Waals surface area contributed by atoms with Crippen LogP contribution in [0.3, 0.4) is 0 Å². The molecule has 0 saturated heterocycles. The van der Waals surface area contributed by atoms with E-state index in [1.54, 1.807) is 0 Å². The summed E-state index contributed by atoms with van der Waals surface area (Å²) in [6.07, 6.45) is 4.66. The Hall–Kier alpha value is -0.120. The Kier molecular flexibility index (Phi) is 6.09. The third-order valence-corrected chi connectivity index (χ3v) is 4.86. The fourth-order valence-corrected chi connectivity index (χ4v) is 3.22. The fourth-order valence-electron chi connectivity index (χ4n) is 3.22. The summed E-state index contributed by atoms with van der Waals surface area (Å²) in [4.78, 5) is 2.52. The number of nitrogens with zero attached hydrogens (tertiary/aromatic N) is 1. The van der Waals surface area contributed by atoms with Crippen molar-refractivity contribution >= 4 is 0 Å². The summed E-state index contributed by atoms with van der Waals surface area (Å²) < 4.78 is 0. The van der Waals surface area contributed by atoms with E-state index in [0.717, 1.165) is 19.4 Å². The van der Waals surface area contributed by atoms with Crippen molar-refractivity contribution in [3.63, 3.8) is 0 Å². The minimum absolute atomic E-state index is 0.0391. The van der Waals surface area contributed by atoms with Crippen LogP contribution in [0.5, 0.6) is 0 Å².